The fourth-order valence-corrected chi connectivity index (χ4v) is 2.91. The zero-order chi connectivity index (χ0) is 21.0. The van der Waals surface area contributed by atoms with Crippen molar-refractivity contribution in [2.45, 2.75) is 19.3 Å². The first-order valence-electron chi connectivity index (χ1n) is 9.13. The maximum atomic E-state index is 13.3. The third-order valence-corrected chi connectivity index (χ3v) is 4.36. The lowest BCUT2D eigenvalue weighted by Crippen LogP contribution is -2.14. The van der Waals surface area contributed by atoms with Gasteiger partial charge in [0.1, 0.15) is 11.6 Å². The van der Waals surface area contributed by atoms with Crippen LogP contribution in [0.15, 0.2) is 73.3 Å². The number of alkyl halides is 3. The number of anilines is 1. The van der Waals surface area contributed by atoms with E-state index >= 15 is 0 Å². The molecule has 1 N–H and O–H groups in total. The Balaban J connectivity index is 1.57. The highest BCUT2D eigenvalue weighted by atomic mass is 19.4. The number of hydrogen-bond acceptors (Lipinski definition) is 5. The van der Waals surface area contributed by atoms with E-state index in [4.69, 9.17) is 0 Å². The number of hydrogen-bond donors (Lipinski definition) is 1. The summed E-state index contributed by atoms with van der Waals surface area (Å²) in [6, 6.07) is 13.9. The largest absolute Gasteiger partial charge is 0.433 e. The van der Waals surface area contributed by atoms with Crippen LogP contribution in [0.3, 0.4) is 0 Å². The van der Waals surface area contributed by atoms with Gasteiger partial charge >= 0.3 is 6.18 Å². The number of rotatable bonds is 6. The molecule has 0 bridgehead atoms. The second-order valence-electron chi connectivity index (χ2n) is 6.51. The van der Waals surface area contributed by atoms with Gasteiger partial charge in [0.05, 0.1) is 6.54 Å². The van der Waals surface area contributed by atoms with Crippen molar-refractivity contribution in [2.75, 3.05) is 5.32 Å². The quantitative estimate of drug-likeness (QED) is 0.510. The van der Waals surface area contributed by atoms with Crippen LogP contribution < -0.4 is 5.32 Å². The lowest BCUT2D eigenvalue weighted by atomic mass is 10.2. The summed E-state index contributed by atoms with van der Waals surface area (Å²) in [6.07, 6.45) is 1.84. The lowest BCUT2D eigenvalue weighted by molar-refractivity contribution is -0.141. The van der Waals surface area contributed by atoms with Gasteiger partial charge in [0.15, 0.2) is 11.5 Å². The normalized spacial score (nSPS) is 11.4. The van der Waals surface area contributed by atoms with Crippen LogP contribution in [0, 0.1) is 0 Å². The maximum absolute atomic E-state index is 13.3. The van der Waals surface area contributed by atoms with E-state index in [-0.39, 0.29) is 18.2 Å². The minimum Gasteiger partial charge on any atom is -0.363 e. The molecule has 0 saturated carbocycles. The Hall–Kier alpha value is -3.75. The van der Waals surface area contributed by atoms with Crippen LogP contribution in [0.1, 0.15) is 17.1 Å². The predicted octanol–water partition coefficient (Wildman–Crippen LogP) is 4.41. The second kappa shape index (κ2) is 8.32. The molecule has 0 unspecified atom stereocenters. The minimum atomic E-state index is -4.60. The van der Waals surface area contributed by atoms with Crippen molar-refractivity contribution in [1.29, 1.82) is 0 Å². The smallest absolute Gasteiger partial charge is 0.363 e. The third kappa shape index (κ3) is 4.62. The van der Waals surface area contributed by atoms with Gasteiger partial charge in [-0.2, -0.15) is 13.2 Å². The zero-order valence-corrected chi connectivity index (χ0v) is 15.7. The summed E-state index contributed by atoms with van der Waals surface area (Å²) in [7, 11) is 0. The molecule has 0 aliphatic rings. The third-order valence-electron chi connectivity index (χ3n) is 4.36. The lowest BCUT2D eigenvalue weighted by Gasteiger charge is -2.13. The van der Waals surface area contributed by atoms with Crippen molar-refractivity contribution in [3.63, 3.8) is 0 Å². The predicted molar refractivity (Wildman–Crippen MR) is 105 cm³/mol. The summed E-state index contributed by atoms with van der Waals surface area (Å²) in [5.74, 6) is 0.687. The highest BCUT2D eigenvalue weighted by molar-refractivity contribution is 5.56. The molecule has 1 aromatic carbocycles. The first-order valence-corrected chi connectivity index (χ1v) is 9.13. The van der Waals surface area contributed by atoms with E-state index in [0.29, 0.717) is 17.9 Å². The Morgan fingerprint density at radius 3 is 2.53 bits per heavy atom. The fraction of sp³-hybridized carbons (Fsp3) is 0.143. The van der Waals surface area contributed by atoms with Gasteiger partial charge in [0, 0.05) is 43.0 Å². The molecule has 3 heterocycles. The fourth-order valence-electron chi connectivity index (χ4n) is 2.91. The number of aromatic nitrogens is 5. The molecule has 3 aromatic heterocycles. The van der Waals surface area contributed by atoms with Crippen LogP contribution in [0.2, 0.25) is 0 Å². The molecular weight excluding hydrogens is 393 g/mol. The number of halogens is 3. The van der Waals surface area contributed by atoms with Crippen LogP contribution >= 0.6 is 0 Å². The first-order chi connectivity index (χ1) is 14.5. The molecule has 0 atom stereocenters. The van der Waals surface area contributed by atoms with Gasteiger partial charge < -0.3 is 9.88 Å². The van der Waals surface area contributed by atoms with Gasteiger partial charge in [0.25, 0.3) is 0 Å². The van der Waals surface area contributed by atoms with Crippen LogP contribution in [0.5, 0.6) is 0 Å². The Kier molecular flexibility index (Phi) is 5.42. The molecule has 9 heteroatoms. The number of pyridine rings is 1. The van der Waals surface area contributed by atoms with E-state index in [0.717, 1.165) is 11.6 Å². The number of nitrogens with one attached hydrogen (secondary N) is 1. The van der Waals surface area contributed by atoms with E-state index in [9.17, 15) is 13.2 Å². The van der Waals surface area contributed by atoms with E-state index in [1.165, 1.54) is 12.4 Å². The summed E-state index contributed by atoms with van der Waals surface area (Å²) in [6.45, 7) is 0.816. The second-order valence-corrected chi connectivity index (χ2v) is 6.51. The minimum absolute atomic E-state index is 0.0481. The van der Waals surface area contributed by atoms with Gasteiger partial charge in [-0.05, 0) is 17.7 Å². The molecule has 4 aromatic rings. The van der Waals surface area contributed by atoms with Gasteiger partial charge in [-0.1, -0.05) is 30.3 Å². The van der Waals surface area contributed by atoms with Crippen molar-refractivity contribution >= 4 is 5.82 Å². The SMILES string of the molecule is FC(F)(F)c1cc(NCc2nccn2Cc2ccccc2)nc(-c2cccnc2)n1. The molecule has 0 aliphatic carbocycles. The highest BCUT2D eigenvalue weighted by Gasteiger charge is 2.33. The Morgan fingerprint density at radius 1 is 0.967 bits per heavy atom. The van der Waals surface area contributed by atoms with Gasteiger partial charge in [-0.3, -0.25) is 4.98 Å². The van der Waals surface area contributed by atoms with Gasteiger partial charge in [-0.15, -0.1) is 0 Å². The summed E-state index contributed by atoms with van der Waals surface area (Å²) in [4.78, 5) is 16.1. The molecule has 6 nitrogen and oxygen atoms in total. The van der Waals surface area contributed by atoms with Crippen LogP contribution in [0.25, 0.3) is 11.4 Å². The standard InChI is InChI=1S/C21H17F3N6/c22-21(23,24)17-11-18(29-20(28-17)16-7-4-8-25-12-16)27-13-19-26-9-10-30(19)14-15-5-2-1-3-6-15/h1-12H,13-14H2,(H,27,28,29). The van der Waals surface area contributed by atoms with Crippen molar-refractivity contribution in [3.8, 4) is 11.4 Å². The van der Waals surface area contributed by atoms with E-state index in [1.54, 1.807) is 18.3 Å². The van der Waals surface area contributed by atoms with Crippen molar-refractivity contribution in [3.05, 3.63) is 90.4 Å². The average Bonchev–Trinajstić information content (AvgIpc) is 3.20. The maximum Gasteiger partial charge on any atom is 0.433 e. The van der Waals surface area contributed by atoms with E-state index in [1.807, 2.05) is 41.1 Å². The molecule has 4 rings (SSSR count). The molecule has 0 amide bonds. The van der Waals surface area contributed by atoms with Gasteiger partial charge in [-0.25, -0.2) is 15.0 Å². The summed E-state index contributed by atoms with van der Waals surface area (Å²) >= 11 is 0. The molecule has 0 spiro atoms. The number of nitrogens with zero attached hydrogens (tertiary/aromatic N) is 5. The van der Waals surface area contributed by atoms with E-state index in [2.05, 4.69) is 25.3 Å². The molecule has 0 fully saturated rings. The van der Waals surface area contributed by atoms with E-state index < -0.39 is 11.9 Å². The highest BCUT2D eigenvalue weighted by Crippen LogP contribution is 2.30. The van der Waals surface area contributed by atoms with Crippen LogP contribution in [-0.2, 0) is 19.3 Å². The molecule has 0 aliphatic heterocycles. The summed E-state index contributed by atoms with van der Waals surface area (Å²) < 4.78 is 41.9. The van der Waals surface area contributed by atoms with Crippen LogP contribution in [0.4, 0.5) is 19.0 Å². The Bertz CT molecular complexity index is 1110. The molecule has 152 valence electrons. The van der Waals surface area contributed by atoms with Gasteiger partial charge in [0.2, 0.25) is 0 Å². The number of benzene rings is 1. The molecule has 0 saturated heterocycles. The molecule has 30 heavy (non-hydrogen) atoms. The van der Waals surface area contributed by atoms with Crippen molar-refractivity contribution in [1.82, 2.24) is 24.5 Å². The first kappa shape index (κ1) is 19.6. The van der Waals surface area contributed by atoms with Crippen molar-refractivity contribution in [2.24, 2.45) is 0 Å². The average molecular weight is 410 g/mol. The number of imidazole rings is 1. The zero-order valence-electron chi connectivity index (χ0n) is 15.7. The van der Waals surface area contributed by atoms with Crippen molar-refractivity contribution < 1.29 is 13.2 Å². The van der Waals surface area contributed by atoms with Crippen LogP contribution in [-0.4, -0.2) is 24.5 Å². The molecule has 0 radical (unpaired) electrons. The Morgan fingerprint density at radius 2 is 1.80 bits per heavy atom. The summed E-state index contributed by atoms with van der Waals surface area (Å²) in [5, 5.41) is 2.94. The summed E-state index contributed by atoms with van der Waals surface area (Å²) in [5.41, 5.74) is 0.473. The molecular formula is C21H17F3N6. The Labute approximate surface area is 170 Å². The monoisotopic (exact) mass is 410 g/mol. The topological polar surface area (TPSA) is 68.5 Å².